The van der Waals surface area contributed by atoms with Gasteiger partial charge in [0.05, 0.1) is 18.6 Å². The van der Waals surface area contributed by atoms with E-state index in [1.165, 1.54) is 0 Å². The van der Waals surface area contributed by atoms with Crippen molar-refractivity contribution < 1.29 is 9.53 Å². The zero-order valence-corrected chi connectivity index (χ0v) is 14.9. The minimum absolute atomic E-state index is 0.00970. The number of aromatic nitrogens is 1. The van der Waals surface area contributed by atoms with E-state index in [2.05, 4.69) is 15.2 Å². The zero-order chi connectivity index (χ0) is 17.7. The van der Waals surface area contributed by atoms with Crippen LogP contribution in [0.15, 0.2) is 48.7 Å². The van der Waals surface area contributed by atoms with E-state index in [0.717, 1.165) is 30.0 Å². The van der Waals surface area contributed by atoms with Crippen molar-refractivity contribution in [2.24, 2.45) is 0 Å². The summed E-state index contributed by atoms with van der Waals surface area (Å²) in [6.45, 7) is 7.44. The molecule has 0 atom stereocenters. The number of hydrogen-bond acceptors (Lipinski definition) is 4. The van der Waals surface area contributed by atoms with Crippen molar-refractivity contribution in [1.29, 1.82) is 0 Å². The number of nitrogens with zero attached hydrogens (tertiary/aromatic N) is 2. The van der Waals surface area contributed by atoms with E-state index in [4.69, 9.17) is 4.74 Å². The van der Waals surface area contributed by atoms with Crippen LogP contribution in [0.25, 0.3) is 0 Å². The SMILES string of the molecule is CC(C)(C(=O)NCc1cccnc1N1CCOCC1)c1ccccc1. The molecule has 5 heteroatoms. The Morgan fingerprint density at radius 2 is 1.88 bits per heavy atom. The van der Waals surface area contributed by atoms with Gasteiger partial charge in [0, 0.05) is 31.4 Å². The Bertz CT molecular complexity index is 710. The van der Waals surface area contributed by atoms with Crippen LogP contribution in [0.3, 0.4) is 0 Å². The average molecular weight is 339 g/mol. The highest BCUT2D eigenvalue weighted by Crippen LogP contribution is 2.24. The van der Waals surface area contributed by atoms with Gasteiger partial charge in [-0.25, -0.2) is 4.98 Å². The summed E-state index contributed by atoms with van der Waals surface area (Å²) >= 11 is 0. The number of hydrogen-bond donors (Lipinski definition) is 1. The molecule has 2 heterocycles. The van der Waals surface area contributed by atoms with Crippen molar-refractivity contribution in [3.8, 4) is 0 Å². The van der Waals surface area contributed by atoms with Crippen molar-refractivity contribution in [3.63, 3.8) is 0 Å². The number of carbonyl (C=O) groups excluding carboxylic acids is 1. The lowest BCUT2D eigenvalue weighted by Gasteiger charge is -2.30. The van der Waals surface area contributed by atoms with Gasteiger partial charge in [0.15, 0.2) is 0 Å². The lowest BCUT2D eigenvalue weighted by atomic mass is 9.84. The summed E-state index contributed by atoms with van der Waals surface area (Å²) in [5.74, 6) is 0.944. The monoisotopic (exact) mass is 339 g/mol. The van der Waals surface area contributed by atoms with Crippen LogP contribution in [0.1, 0.15) is 25.0 Å². The Morgan fingerprint density at radius 1 is 1.16 bits per heavy atom. The largest absolute Gasteiger partial charge is 0.378 e. The van der Waals surface area contributed by atoms with E-state index in [0.29, 0.717) is 19.8 Å². The Morgan fingerprint density at radius 3 is 2.60 bits per heavy atom. The molecular weight excluding hydrogens is 314 g/mol. The van der Waals surface area contributed by atoms with Crippen LogP contribution in [0.4, 0.5) is 5.82 Å². The molecule has 1 aromatic carbocycles. The van der Waals surface area contributed by atoms with Crippen LogP contribution in [-0.2, 0) is 21.5 Å². The van der Waals surface area contributed by atoms with E-state index < -0.39 is 5.41 Å². The van der Waals surface area contributed by atoms with Crippen molar-refractivity contribution in [2.45, 2.75) is 25.8 Å². The maximum atomic E-state index is 12.8. The highest BCUT2D eigenvalue weighted by Gasteiger charge is 2.29. The molecule has 1 amide bonds. The lowest BCUT2D eigenvalue weighted by molar-refractivity contribution is -0.125. The van der Waals surface area contributed by atoms with Gasteiger partial charge in [-0.3, -0.25) is 4.79 Å². The number of anilines is 1. The van der Waals surface area contributed by atoms with Gasteiger partial charge in [0.2, 0.25) is 5.91 Å². The number of benzene rings is 1. The molecule has 25 heavy (non-hydrogen) atoms. The van der Waals surface area contributed by atoms with Gasteiger partial charge in [0.1, 0.15) is 5.82 Å². The summed E-state index contributed by atoms with van der Waals surface area (Å²) in [6.07, 6.45) is 1.80. The van der Waals surface area contributed by atoms with Crippen molar-refractivity contribution >= 4 is 11.7 Å². The standard InChI is InChI=1S/C20H25N3O2/c1-20(2,17-8-4-3-5-9-17)19(24)22-15-16-7-6-10-21-18(16)23-11-13-25-14-12-23/h3-10H,11-15H2,1-2H3,(H,22,24). The Labute approximate surface area is 149 Å². The molecule has 0 radical (unpaired) electrons. The van der Waals surface area contributed by atoms with Crippen LogP contribution in [0.5, 0.6) is 0 Å². The highest BCUT2D eigenvalue weighted by atomic mass is 16.5. The predicted molar refractivity (Wildman–Crippen MR) is 98.6 cm³/mol. The Kier molecular flexibility index (Phi) is 5.34. The lowest BCUT2D eigenvalue weighted by Crippen LogP contribution is -2.41. The number of amides is 1. The number of ether oxygens (including phenoxy) is 1. The van der Waals surface area contributed by atoms with Crippen molar-refractivity contribution in [3.05, 3.63) is 59.8 Å². The predicted octanol–water partition coefficient (Wildman–Crippen LogP) is 2.51. The maximum absolute atomic E-state index is 12.8. The Hall–Kier alpha value is -2.40. The third kappa shape index (κ3) is 3.99. The molecule has 0 bridgehead atoms. The molecule has 5 nitrogen and oxygen atoms in total. The molecule has 1 saturated heterocycles. The molecule has 1 fully saturated rings. The smallest absolute Gasteiger partial charge is 0.230 e. The van der Waals surface area contributed by atoms with Crippen LogP contribution < -0.4 is 10.2 Å². The highest BCUT2D eigenvalue weighted by molar-refractivity contribution is 5.87. The van der Waals surface area contributed by atoms with Gasteiger partial charge >= 0.3 is 0 Å². The molecule has 0 unspecified atom stereocenters. The summed E-state index contributed by atoms with van der Waals surface area (Å²) in [6, 6.07) is 13.8. The molecule has 1 aliphatic heterocycles. The van der Waals surface area contributed by atoms with Gasteiger partial charge < -0.3 is 15.0 Å². The van der Waals surface area contributed by atoms with Gasteiger partial charge in [-0.05, 0) is 25.5 Å². The minimum Gasteiger partial charge on any atom is -0.378 e. The zero-order valence-electron chi connectivity index (χ0n) is 14.9. The molecule has 1 aliphatic rings. The third-order valence-corrected chi connectivity index (χ3v) is 4.68. The molecule has 0 spiro atoms. The molecule has 1 aromatic heterocycles. The van der Waals surface area contributed by atoms with Crippen LogP contribution in [0, 0.1) is 0 Å². The molecule has 132 valence electrons. The fourth-order valence-electron chi connectivity index (χ4n) is 3.01. The van der Waals surface area contributed by atoms with Crippen LogP contribution >= 0.6 is 0 Å². The molecule has 0 saturated carbocycles. The summed E-state index contributed by atoms with van der Waals surface area (Å²) in [5.41, 5.74) is 1.46. The third-order valence-electron chi connectivity index (χ3n) is 4.68. The summed E-state index contributed by atoms with van der Waals surface area (Å²) in [7, 11) is 0. The summed E-state index contributed by atoms with van der Waals surface area (Å²) in [5, 5.41) is 3.08. The summed E-state index contributed by atoms with van der Waals surface area (Å²) < 4.78 is 5.41. The topological polar surface area (TPSA) is 54.5 Å². The minimum atomic E-state index is -0.581. The van der Waals surface area contributed by atoms with Crippen molar-refractivity contribution in [2.75, 3.05) is 31.2 Å². The van der Waals surface area contributed by atoms with Crippen molar-refractivity contribution in [1.82, 2.24) is 10.3 Å². The summed E-state index contributed by atoms with van der Waals surface area (Å²) in [4.78, 5) is 19.5. The first-order valence-electron chi connectivity index (χ1n) is 8.69. The maximum Gasteiger partial charge on any atom is 0.230 e. The number of nitrogens with one attached hydrogen (secondary N) is 1. The van der Waals surface area contributed by atoms with E-state index >= 15 is 0 Å². The number of rotatable bonds is 5. The van der Waals surface area contributed by atoms with Crippen LogP contribution in [0.2, 0.25) is 0 Å². The quantitative estimate of drug-likeness (QED) is 0.909. The molecule has 3 rings (SSSR count). The molecule has 2 aromatic rings. The Balaban J connectivity index is 1.70. The van der Waals surface area contributed by atoms with Crippen LogP contribution in [-0.4, -0.2) is 37.2 Å². The van der Waals surface area contributed by atoms with E-state index in [1.54, 1.807) is 6.20 Å². The van der Waals surface area contributed by atoms with E-state index in [9.17, 15) is 4.79 Å². The van der Waals surface area contributed by atoms with Gasteiger partial charge in [0.25, 0.3) is 0 Å². The van der Waals surface area contributed by atoms with E-state index in [-0.39, 0.29) is 5.91 Å². The average Bonchev–Trinajstić information content (AvgIpc) is 2.67. The number of morpholine rings is 1. The number of carbonyl (C=O) groups is 1. The first kappa shape index (κ1) is 17.4. The van der Waals surface area contributed by atoms with Gasteiger partial charge in [-0.1, -0.05) is 36.4 Å². The first-order valence-corrected chi connectivity index (χ1v) is 8.69. The fraction of sp³-hybridized carbons (Fsp3) is 0.400. The normalized spacial score (nSPS) is 15.0. The molecule has 1 N–H and O–H groups in total. The fourth-order valence-corrected chi connectivity index (χ4v) is 3.01. The first-order chi connectivity index (χ1) is 12.1. The number of pyridine rings is 1. The second-order valence-electron chi connectivity index (χ2n) is 6.76. The van der Waals surface area contributed by atoms with E-state index in [1.807, 2.05) is 56.3 Å². The second-order valence-corrected chi connectivity index (χ2v) is 6.76. The van der Waals surface area contributed by atoms with Gasteiger partial charge in [-0.2, -0.15) is 0 Å². The van der Waals surface area contributed by atoms with Gasteiger partial charge in [-0.15, -0.1) is 0 Å². The molecule has 0 aliphatic carbocycles. The second kappa shape index (κ2) is 7.66. The molecular formula is C20H25N3O2.